The fourth-order valence-electron chi connectivity index (χ4n) is 2.39. The minimum atomic E-state index is 0.762. The van der Waals surface area contributed by atoms with Crippen LogP contribution >= 0.6 is 0 Å². The molecule has 18 heavy (non-hydrogen) atoms. The maximum Gasteiger partial charge on any atom is 0.162 e. The second-order valence-corrected chi connectivity index (χ2v) is 5.03. The van der Waals surface area contributed by atoms with Crippen molar-refractivity contribution in [3.63, 3.8) is 0 Å². The van der Waals surface area contributed by atoms with Crippen LogP contribution in [0.1, 0.15) is 51.5 Å². The van der Waals surface area contributed by atoms with E-state index in [0.717, 1.165) is 18.1 Å². The van der Waals surface area contributed by atoms with E-state index in [1.807, 2.05) is 12.1 Å². The highest BCUT2D eigenvalue weighted by atomic mass is 16.6. The lowest BCUT2D eigenvalue weighted by Crippen LogP contribution is -2.23. The molecule has 0 spiro atoms. The molecule has 1 atom stereocenters. The summed E-state index contributed by atoms with van der Waals surface area (Å²) in [6, 6.07) is 8.14. The van der Waals surface area contributed by atoms with Crippen LogP contribution in [0.25, 0.3) is 6.08 Å². The van der Waals surface area contributed by atoms with E-state index in [0.29, 0.717) is 0 Å². The molecule has 0 radical (unpaired) electrons. The molecular formula is C16H23NO. The summed E-state index contributed by atoms with van der Waals surface area (Å²) in [4.78, 5) is 5.57. The first-order valence-electron chi connectivity index (χ1n) is 7.06. The Hall–Kier alpha value is -1.44. The lowest BCUT2D eigenvalue weighted by Gasteiger charge is -2.22. The molecule has 98 valence electrons. The van der Waals surface area contributed by atoms with Gasteiger partial charge >= 0.3 is 0 Å². The Bertz CT molecular complexity index is 411. The van der Waals surface area contributed by atoms with E-state index in [2.05, 4.69) is 37.5 Å². The van der Waals surface area contributed by atoms with Crippen LogP contribution in [0.5, 0.6) is 5.75 Å². The van der Waals surface area contributed by atoms with Crippen molar-refractivity contribution in [2.24, 2.45) is 5.92 Å². The Morgan fingerprint density at radius 1 is 1.22 bits per heavy atom. The highest BCUT2D eigenvalue weighted by molar-refractivity contribution is 5.60. The van der Waals surface area contributed by atoms with Crippen molar-refractivity contribution >= 4 is 6.08 Å². The van der Waals surface area contributed by atoms with Crippen molar-refractivity contribution < 1.29 is 4.84 Å². The van der Waals surface area contributed by atoms with Crippen molar-refractivity contribution in [2.75, 3.05) is 0 Å². The number of hydroxylamine groups is 1. The summed E-state index contributed by atoms with van der Waals surface area (Å²) < 4.78 is 0. The van der Waals surface area contributed by atoms with Gasteiger partial charge in [-0.25, -0.2) is 5.48 Å². The fraction of sp³-hybridized carbons (Fsp3) is 0.500. The van der Waals surface area contributed by atoms with Crippen LogP contribution in [0.15, 0.2) is 30.0 Å². The Balaban J connectivity index is 2.00. The summed E-state index contributed by atoms with van der Waals surface area (Å²) in [7, 11) is 0. The van der Waals surface area contributed by atoms with Crippen molar-refractivity contribution in [1.29, 1.82) is 0 Å². The van der Waals surface area contributed by atoms with Crippen LogP contribution < -0.4 is 10.3 Å². The number of benzene rings is 1. The topological polar surface area (TPSA) is 21.3 Å². The third-order valence-corrected chi connectivity index (χ3v) is 3.59. The zero-order valence-electron chi connectivity index (χ0n) is 11.4. The molecule has 2 nitrogen and oxygen atoms in total. The van der Waals surface area contributed by atoms with E-state index in [1.165, 1.54) is 36.9 Å². The van der Waals surface area contributed by atoms with E-state index in [4.69, 9.17) is 4.84 Å². The highest BCUT2D eigenvalue weighted by Crippen LogP contribution is 2.28. The Kier molecular flexibility index (Phi) is 4.68. The summed E-state index contributed by atoms with van der Waals surface area (Å²) in [5.74, 6) is 1.68. The van der Waals surface area contributed by atoms with Gasteiger partial charge in [-0.15, -0.1) is 0 Å². The average Bonchev–Trinajstić information content (AvgIpc) is 2.43. The zero-order chi connectivity index (χ0) is 12.8. The second kappa shape index (κ2) is 6.48. The molecule has 1 N–H and O–H groups in total. The fourth-order valence-corrected chi connectivity index (χ4v) is 2.39. The molecule has 1 aromatic rings. The number of hydrogen-bond acceptors (Lipinski definition) is 2. The van der Waals surface area contributed by atoms with E-state index >= 15 is 0 Å². The first kappa shape index (κ1) is 13.0. The van der Waals surface area contributed by atoms with E-state index < -0.39 is 0 Å². The summed E-state index contributed by atoms with van der Waals surface area (Å²) in [6.45, 7) is 4.53. The summed E-state index contributed by atoms with van der Waals surface area (Å²) in [5.41, 5.74) is 5.46. The largest absolute Gasteiger partial charge is 0.382 e. The minimum Gasteiger partial charge on any atom is -0.382 e. The molecule has 0 saturated heterocycles. The SMILES string of the molecule is CCCCC(CC)CC1=Cc2ccccc2ON1. The van der Waals surface area contributed by atoms with Crippen molar-refractivity contribution in [3.05, 3.63) is 35.5 Å². The van der Waals surface area contributed by atoms with Gasteiger partial charge in [0.1, 0.15) is 0 Å². The monoisotopic (exact) mass is 245 g/mol. The van der Waals surface area contributed by atoms with Crippen molar-refractivity contribution in [3.8, 4) is 5.75 Å². The molecule has 0 bridgehead atoms. The maximum atomic E-state index is 5.57. The lowest BCUT2D eigenvalue weighted by molar-refractivity contribution is 0.214. The highest BCUT2D eigenvalue weighted by Gasteiger charge is 2.14. The molecule has 1 aliphatic heterocycles. The summed E-state index contributed by atoms with van der Waals surface area (Å²) >= 11 is 0. The van der Waals surface area contributed by atoms with Gasteiger partial charge in [-0.3, -0.25) is 0 Å². The molecule has 1 heterocycles. The Morgan fingerprint density at radius 3 is 2.83 bits per heavy atom. The van der Waals surface area contributed by atoms with Gasteiger partial charge in [0.05, 0.1) is 5.70 Å². The van der Waals surface area contributed by atoms with E-state index in [1.54, 1.807) is 0 Å². The first-order chi connectivity index (χ1) is 8.83. The average molecular weight is 245 g/mol. The lowest BCUT2D eigenvalue weighted by atomic mass is 9.93. The second-order valence-electron chi connectivity index (χ2n) is 5.03. The Labute approximate surface area is 110 Å². The number of allylic oxidation sites excluding steroid dienone is 1. The zero-order valence-corrected chi connectivity index (χ0v) is 11.4. The molecule has 0 aliphatic carbocycles. The molecule has 0 saturated carbocycles. The summed E-state index contributed by atoms with van der Waals surface area (Å²) in [6.07, 6.45) is 8.46. The van der Waals surface area contributed by atoms with Gasteiger partial charge in [-0.2, -0.15) is 0 Å². The van der Waals surface area contributed by atoms with Crippen LogP contribution in [-0.4, -0.2) is 0 Å². The van der Waals surface area contributed by atoms with Gasteiger partial charge in [0.25, 0.3) is 0 Å². The number of hydrogen-bond donors (Lipinski definition) is 1. The predicted octanol–water partition coefficient (Wildman–Crippen LogP) is 4.53. The molecule has 1 aliphatic rings. The molecule has 0 amide bonds. The smallest absolute Gasteiger partial charge is 0.162 e. The van der Waals surface area contributed by atoms with Gasteiger partial charge in [-0.1, -0.05) is 57.7 Å². The van der Waals surface area contributed by atoms with E-state index in [-0.39, 0.29) is 0 Å². The van der Waals surface area contributed by atoms with Crippen LogP contribution in [0, 0.1) is 5.92 Å². The molecule has 2 heteroatoms. The number of para-hydroxylation sites is 1. The van der Waals surface area contributed by atoms with Gasteiger partial charge in [0.2, 0.25) is 0 Å². The number of unbranched alkanes of at least 4 members (excludes halogenated alkanes) is 1. The van der Waals surface area contributed by atoms with Crippen molar-refractivity contribution in [1.82, 2.24) is 5.48 Å². The maximum absolute atomic E-state index is 5.57. The van der Waals surface area contributed by atoms with E-state index in [9.17, 15) is 0 Å². The standard InChI is InChI=1S/C16H23NO/c1-3-5-8-13(4-2)11-15-12-14-9-6-7-10-16(14)18-17-15/h6-7,9-10,12-13,17H,3-5,8,11H2,1-2H3. The molecular weight excluding hydrogens is 222 g/mol. The molecule has 2 rings (SSSR count). The molecule has 1 aromatic carbocycles. The molecule has 0 aromatic heterocycles. The third-order valence-electron chi connectivity index (χ3n) is 3.59. The van der Waals surface area contributed by atoms with Crippen LogP contribution in [0.3, 0.4) is 0 Å². The number of nitrogens with one attached hydrogen (secondary N) is 1. The number of fused-ring (bicyclic) bond motifs is 1. The number of rotatable bonds is 6. The summed E-state index contributed by atoms with van der Waals surface area (Å²) in [5, 5.41) is 0. The van der Waals surface area contributed by atoms with Gasteiger partial charge in [-0.05, 0) is 24.5 Å². The van der Waals surface area contributed by atoms with Crippen LogP contribution in [0.4, 0.5) is 0 Å². The van der Waals surface area contributed by atoms with Crippen LogP contribution in [-0.2, 0) is 0 Å². The van der Waals surface area contributed by atoms with Gasteiger partial charge in [0.15, 0.2) is 5.75 Å². The van der Waals surface area contributed by atoms with Gasteiger partial charge < -0.3 is 4.84 Å². The predicted molar refractivity (Wildman–Crippen MR) is 76.1 cm³/mol. The Morgan fingerprint density at radius 2 is 2.06 bits per heavy atom. The normalized spacial score (nSPS) is 15.1. The van der Waals surface area contributed by atoms with Crippen LogP contribution in [0.2, 0.25) is 0 Å². The minimum absolute atomic E-state index is 0.762. The molecule has 1 unspecified atom stereocenters. The van der Waals surface area contributed by atoms with Gasteiger partial charge in [0, 0.05) is 5.56 Å². The third kappa shape index (κ3) is 3.28. The van der Waals surface area contributed by atoms with Crippen molar-refractivity contribution in [2.45, 2.75) is 46.0 Å². The quantitative estimate of drug-likeness (QED) is 0.795. The molecule has 0 fully saturated rings. The first-order valence-corrected chi connectivity index (χ1v) is 7.06.